The molecule has 0 aliphatic carbocycles. The van der Waals surface area contributed by atoms with Crippen molar-refractivity contribution >= 4 is 11.4 Å². The molecule has 10 nitrogen and oxygen atoms in total. The van der Waals surface area contributed by atoms with Gasteiger partial charge in [-0.15, -0.1) is 0 Å². The predicted octanol–water partition coefficient (Wildman–Crippen LogP) is 0.789. The zero-order chi connectivity index (χ0) is 21.0. The van der Waals surface area contributed by atoms with Crippen molar-refractivity contribution in [2.45, 2.75) is 6.18 Å². The molecule has 1 saturated heterocycles. The van der Waals surface area contributed by atoms with Crippen LogP contribution in [-0.2, 0) is 6.18 Å². The standard InChI is InChI=1S/C16H18F3N5O5/c1-27-14-15(21-29-20-14)28-9-8-22-4-6-23(7-5-22)12-3-2-11(16(17,18)19)10-13(12)24(25)26/h2-3,10H,4-9H2,1H3/p+1. The van der Waals surface area contributed by atoms with Crippen LogP contribution in [0, 0.1) is 10.1 Å². The summed E-state index contributed by atoms with van der Waals surface area (Å²) in [5.41, 5.74) is -1.39. The molecule has 0 atom stereocenters. The van der Waals surface area contributed by atoms with Crippen molar-refractivity contribution in [3.63, 3.8) is 0 Å². The normalized spacial score (nSPS) is 15.4. The molecule has 1 aromatic carbocycles. The topological polar surface area (TPSA) is 108 Å². The zero-order valence-electron chi connectivity index (χ0n) is 15.4. The molecular weight excluding hydrogens is 399 g/mol. The number of ether oxygens (including phenoxy) is 2. The third kappa shape index (κ3) is 4.85. The fourth-order valence-corrected chi connectivity index (χ4v) is 3.10. The number of nitrogens with one attached hydrogen (secondary N) is 1. The lowest BCUT2D eigenvalue weighted by atomic mass is 10.1. The summed E-state index contributed by atoms with van der Waals surface area (Å²) >= 11 is 0. The Morgan fingerprint density at radius 3 is 2.59 bits per heavy atom. The van der Waals surface area contributed by atoms with Gasteiger partial charge in [-0.05, 0) is 22.4 Å². The molecule has 2 heterocycles. The van der Waals surface area contributed by atoms with Crippen molar-refractivity contribution in [2.75, 3.05) is 51.3 Å². The Hall–Kier alpha value is -3.09. The number of aromatic nitrogens is 2. The van der Waals surface area contributed by atoms with Crippen LogP contribution in [0.3, 0.4) is 0 Å². The number of benzene rings is 1. The first-order chi connectivity index (χ1) is 13.8. The van der Waals surface area contributed by atoms with E-state index in [0.29, 0.717) is 45.4 Å². The Labute approximate surface area is 162 Å². The molecule has 0 amide bonds. The van der Waals surface area contributed by atoms with Gasteiger partial charge in [-0.2, -0.15) is 13.2 Å². The molecule has 2 aromatic rings. The third-order valence-corrected chi connectivity index (χ3v) is 4.63. The number of piperazine rings is 1. The molecule has 1 aliphatic heterocycles. The van der Waals surface area contributed by atoms with Gasteiger partial charge in [-0.3, -0.25) is 10.1 Å². The Balaban J connectivity index is 1.57. The number of anilines is 1. The highest BCUT2D eigenvalue weighted by atomic mass is 19.4. The minimum atomic E-state index is -4.63. The minimum absolute atomic E-state index is 0.152. The summed E-state index contributed by atoms with van der Waals surface area (Å²) in [7, 11) is 1.41. The first-order valence-electron chi connectivity index (χ1n) is 8.73. The van der Waals surface area contributed by atoms with Gasteiger partial charge in [0.25, 0.3) is 5.69 Å². The second-order valence-electron chi connectivity index (χ2n) is 6.37. The summed E-state index contributed by atoms with van der Waals surface area (Å²) in [6, 6.07) is 2.62. The first-order valence-corrected chi connectivity index (χ1v) is 8.73. The average Bonchev–Trinajstić information content (AvgIpc) is 3.15. The number of alkyl halides is 3. The molecule has 13 heteroatoms. The van der Waals surface area contributed by atoms with Crippen molar-refractivity contribution in [1.29, 1.82) is 0 Å². The highest BCUT2D eigenvalue weighted by Gasteiger charge is 2.34. The molecule has 0 saturated carbocycles. The quantitative estimate of drug-likeness (QED) is 0.520. The predicted molar refractivity (Wildman–Crippen MR) is 92.2 cm³/mol. The molecule has 1 N–H and O–H groups in total. The summed E-state index contributed by atoms with van der Waals surface area (Å²) in [4.78, 5) is 13.4. The van der Waals surface area contributed by atoms with E-state index in [1.54, 1.807) is 4.90 Å². The van der Waals surface area contributed by atoms with Crippen LogP contribution < -0.4 is 19.3 Å². The maximum Gasteiger partial charge on any atom is 0.416 e. The van der Waals surface area contributed by atoms with Crippen LogP contribution in [0.25, 0.3) is 0 Å². The Bertz CT molecular complexity index is 852. The van der Waals surface area contributed by atoms with E-state index < -0.39 is 22.4 Å². The van der Waals surface area contributed by atoms with Crippen LogP contribution in [0.4, 0.5) is 24.5 Å². The van der Waals surface area contributed by atoms with E-state index in [-0.39, 0.29) is 17.4 Å². The number of nitro benzene ring substituents is 1. The van der Waals surface area contributed by atoms with Crippen LogP contribution in [0.15, 0.2) is 22.8 Å². The number of nitrogens with zero attached hydrogens (tertiary/aromatic N) is 4. The fraction of sp³-hybridized carbons (Fsp3) is 0.500. The summed E-state index contributed by atoms with van der Waals surface area (Å²) in [5.74, 6) is 0.311. The maximum atomic E-state index is 12.9. The van der Waals surface area contributed by atoms with E-state index in [1.807, 2.05) is 0 Å². The lowest BCUT2D eigenvalue weighted by molar-refractivity contribution is -0.900. The van der Waals surface area contributed by atoms with Gasteiger partial charge < -0.3 is 19.3 Å². The number of nitro groups is 1. The first kappa shape index (κ1) is 20.6. The lowest BCUT2D eigenvalue weighted by Crippen LogP contribution is -3.15. The largest absolute Gasteiger partial charge is 0.475 e. The van der Waals surface area contributed by atoms with Crippen LogP contribution in [0.2, 0.25) is 0 Å². The third-order valence-electron chi connectivity index (χ3n) is 4.63. The average molecular weight is 418 g/mol. The molecule has 158 valence electrons. The molecule has 29 heavy (non-hydrogen) atoms. The molecule has 1 fully saturated rings. The van der Waals surface area contributed by atoms with Gasteiger partial charge in [-0.1, -0.05) is 0 Å². The smallest absolute Gasteiger partial charge is 0.416 e. The van der Waals surface area contributed by atoms with Gasteiger partial charge >= 0.3 is 17.9 Å². The second kappa shape index (κ2) is 8.51. The van der Waals surface area contributed by atoms with Crippen LogP contribution >= 0.6 is 0 Å². The molecule has 3 rings (SSSR count). The molecule has 0 bridgehead atoms. The zero-order valence-corrected chi connectivity index (χ0v) is 15.4. The Morgan fingerprint density at radius 2 is 1.97 bits per heavy atom. The molecule has 1 aromatic heterocycles. The maximum absolute atomic E-state index is 12.9. The van der Waals surface area contributed by atoms with E-state index in [2.05, 4.69) is 14.9 Å². The van der Waals surface area contributed by atoms with Gasteiger partial charge in [0.05, 0.1) is 43.8 Å². The van der Waals surface area contributed by atoms with Gasteiger partial charge in [0.15, 0.2) is 0 Å². The van der Waals surface area contributed by atoms with Crippen LogP contribution in [0.5, 0.6) is 11.8 Å². The summed E-state index contributed by atoms with van der Waals surface area (Å²) in [6.45, 7) is 3.21. The fourth-order valence-electron chi connectivity index (χ4n) is 3.10. The Morgan fingerprint density at radius 1 is 1.28 bits per heavy atom. The van der Waals surface area contributed by atoms with Gasteiger partial charge in [-0.25, -0.2) is 4.63 Å². The monoisotopic (exact) mass is 418 g/mol. The minimum Gasteiger partial charge on any atom is -0.475 e. The molecule has 0 unspecified atom stereocenters. The Kier molecular flexibility index (Phi) is 6.06. The number of methoxy groups -OCH3 is 1. The van der Waals surface area contributed by atoms with E-state index in [4.69, 9.17) is 9.47 Å². The van der Waals surface area contributed by atoms with Gasteiger partial charge in [0.2, 0.25) is 0 Å². The SMILES string of the molecule is COc1nonc1OCC[NH+]1CCN(c2ccc(C(F)(F)F)cc2[N+](=O)[O-])CC1. The van der Waals surface area contributed by atoms with E-state index in [9.17, 15) is 23.3 Å². The molecule has 0 spiro atoms. The number of rotatable bonds is 7. The van der Waals surface area contributed by atoms with Gasteiger partial charge in [0, 0.05) is 6.07 Å². The van der Waals surface area contributed by atoms with Crippen molar-refractivity contribution in [1.82, 2.24) is 10.3 Å². The number of halogens is 3. The number of hydrogen-bond donors (Lipinski definition) is 1. The summed E-state index contributed by atoms with van der Waals surface area (Å²) < 4.78 is 53.4. The van der Waals surface area contributed by atoms with E-state index in [0.717, 1.165) is 6.07 Å². The number of hydrogen-bond acceptors (Lipinski definition) is 8. The van der Waals surface area contributed by atoms with Crippen LogP contribution in [-0.4, -0.2) is 61.7 Å². The van der Waals surface area contributed by atoms with Crippen molar-refractivity contribution in [2.24, 2.45) is 0 Å². The highest BCUT2D eigenvalue weighted by molar-refractivity contribution is 5.64. The van der Waals surface area contributed by atoms with Crippen molar-refractivity contribution in [3.05, 3.63) is 33.9 Å². The van der Waals surface area contributed by atoms with Crippen LogP contribution in [0.1, 0.15) is 5.56 Å². The van der Waals surface area contributed by atoms with Gasteiger partial charge in [0.1, 0.15) is 18.8 Å². The number of quaternary nitrogens is 1. The molecule has 1 aliphatic rings. The summed E-state index contributed by atoms with van der Waals surface area (Å²) in [5, 5.41) is 18.4. The second-order valence-corrected chi connectivity index (χ2v) is 6.37. The highest BCUT2D eigenvalue weighted by Crippen LogP contribution is 2.36. The van der Waals surface area contributed by atoms with E-state index >= 15 is 0 Å². The molecular formula is C16H19F3N5O5+. The van der Waals surface area contributed by atoms with E-state index in [1.165, 1.54) is 18.1 Å². The van der Waals surface area contributed by atoms with Crippen molar-refractivity contribution < 1.29 is 37.1 Å². The van der Waals surface area contributed by atoms with Crippen molar-refractivity contribution in [3.8, 4) is 11.8 Å². The lowest BCUT2D eigenvalue weighted by Gasteiger charge is -2.33. The molecule has 0 radical (unpaired) electrons. The summed E-state index contributed by atoms with van der Waals surface area (Å²) in [6.07, 6.45) is -4.63.